The van der Waals surface area contributed by atoms with Crippen molar-refractivity contribution in [2.24, 2.45) is 4.99 Å². The van der Waals surface area contributed by atoms with Gasteiger partial charge in [0.15, 0.2) is 5.96 Å². The molecule has 0 bridgehead atoms. The summed E-state index contributed by atoms with van der Waals surface area (Å²) in [6, 6.07) is 6.90. The standard InChI is InChI=1S/C15H24FN3OS.HI/c1-17-15(18-8-5-10-20-2)19-9-11-21-12-13-6-3-4-7-14(13)16;/h3-4,6-7H,5,8-12H2,1-2H3,(H2,17,18,19);1H. The number of rotatable bonds is 9. The summed E-state index contributed by atoms with van der Waals surface area (Å²) in [6.45, 7) is 2.36. The number of hydrogen-bond donors (Lipinski definition) is 2. The predicted octanol–water partition coefficient (Wildman–Crippen LogP) is 2.88. The normalized spacial score (nSPS) is 11.0. The fraction of sp³-hybridized carbons (Fsp3) is 0.533. The van der Waals surface area contributed by atoms with Gasteiger partial charge in [-0.1, -0.05) is 18.2 Å². The molecule has 1 rings (SSSR count). The first-order valence-corrected chi connectivity index (χ1v) is 8.18. The molecular formula is C15H25FIN3OS. The molecule has 0 aromatic heterocycles. The van der Waals surface area contributed by atoms with Crippen molar-refractivity contribution in [3.05, 3.63) is 35.6 Å². The Morgan fingerprint density at radius 3 is 2.68 bits per heavy atom. The number of ether oxygens (including phenoxy) is 1. The molecule has 22 heavy (non-hydrogen) atoms. The maximum atomic E-state index is 13.4. The molecule has 0 unspecified atom stereocenters. The van der Waals surface area contributed by atoms with E-state index in [9.17, 15) is 4.39 Å². The molecule has 0 saturated carbocycles. The van der Waals surface area contributed by atoms with Gasteiger partial charge in [-0.2, -0.15) is 11.8 Å². The van der Waals surface area contributed by atoms with E-state index in [-0.39, 0.29) is 29.8 Å². The summed E-state index contributed by atoms with van der Waals surface area (Å²) in [5.41, 5.74) is 0.754. The molecule has 4 nitrogen and oxygen atoms in total. The Kier molecular flexibility index (Phi) is 13.7. The van der Waals surface area contributed by atoms with Gasteiger partial charge >= 0.3 is 0 Å². The fourth-order valence-electron chi connectivity index (χ4n) is 1.68. The topological polar surface area (TPSA) is 45.7 Å². The molecule has 7 heteroatoms. The van der Waals surface area contributed by atoms with E-state index >= 15 is 0 Å². The molecule has 0 atom stereocenters. The molecule has 0 fully saturated rings. The number of hydrogen-bond acceptors (Lipinski definition) is 3. The highest BCUT2D eigenvalue weighted by Crippen LogP contribution is 2.14. The largest absolute Gasteiger partial charge is 0.385 e. The fourth-order valence-corrected chi connectivity index (χ4v) is 2.53. The van der Waals surface area contributed by atoms with Gasteiger partial charge in [0.1, 0.15) is 5.82 Å². The maximum absolute atomic E-state index is 13.4. The Labute approximate surface area is 153 Å². The lowest BCUT2D eigenvalue weighted by Gasteiger charge is -2.11. The van der Waals surface area contributed by atoms with E-state index in [0.717, 1.165) is 43.4 Å². The van der Waals surface area contributed by atoms with E-state index in [0.29, 0.717) is 5.75 Å². The second kappa shape index (κ2) is 14.1. The summed E-state index contributed by atoms with van der Waals surface area (Å²) in [4.78, 5) is 4.14. The van der Waals surface area contributed by atoms with E-state index in [1.54, 1.807) is 32.0 Å². The zero-order valence-electron chi connectivity index (χ0n) is 13.1. The third kappa shape index (κ3) is 9.47. The number of benzene rings is 1. The minimum atomic E-state index is -0.131. The molecule has 0 aliphatic rings. The van der Waals surface area contributed by atoms with Crippen molar-refractivity contribution in [2.45, 2.75) is 12.2 Å². The van der Waals surface area contributed by atoms with Gasteiger partial charge < -0.3 is 15.4 Å². The lowest BCUT2D eigenvalue weighted by atomic mass is 10.2. The molecule has 0 aliphatic carbocycles. The van der Waals surface area contributed by atoms with Crippen molar-refractivity contribution < 1.29 is 9.13 Å². The minimum absolute atomic E-state index is 0. The van der Waals surface area contributed by atoms with Crippen LogP contribution in [0.5, 0.6) is 0 Å². The van der Waals surface area contributed by atoms with Crippen LogP contribution in [0.2, 0.25) is 0 Å². The minimum Gasteiger partial charge on any atom is -0.385 e. The van der Waals surface area contributed by atoms with Gasteiger partial charge in [0.25, 0.3) is 0 Å². The van der Waals surface area contributed by atoms with Crippen LogP contribution in [0.25, 0.3) is 0 Å². The smallest absolute Gasteiger partial charge is 0.191 e. The van der Waals surface area contributed by atoms with E-state index in [4.69, 9.17) is 4.74 Å². The van der Waals surface area contributed by atoms with Crippen LogP contribution in [-0.2, 0) is 10.5 Å². The number of halogens is 2. The van der Waals surface area contributed by atoms with Crippen LogP contribution in [0, 0.1) is 5.82 Å². The Morgan fingerprint density at radius 1 is 1.27 bits per heavy atom. The molecule has 1 aromatic carbocycles. The van der Waals surface area contributed by atoms with Crippen molar-refractivity contribution in [3.8, 4) is 0 Å². The first kappa shape index (κ1) is 21.5. The molecule has 0 saturated heterocycles. The van der Waals surface area contributed by atoms with Crippen LogP contribution < -0.4 is 10.6 Å². The molecule has 0 amide bonds. The van der Waals surface area contributed by atoms with Crippen LogP contribution in [0.3, 0.4) is 0 Å². The van der Waals surface area contributed by atoms with E-state index in [1.807, 2.05) is 12.1 Å². The SMILES string of the molecule is CN=C(NCCCOC)NCCSCc1ccccc1F.I. The summed E-state index contributed by atoms with van der Waals surface area (Å²) in [6.07, 6.45) is 0.944. The first-order chi connectivity index (χ1) is 10.3. The zero-order valence-corrected chi connectivity index (χ0v) is 16.2. The molecular weight excluding hydrogens is 416 g/mol. The molecule has 0 heterocycles. The summed E-state index contributed by atoms with van der Waals surface area (Å²) in [5.74, 6) is 2.24. The lowest BCUT2D eigenvalue weighted by Crippen LogP contribution is -2.39. The van der Waals surface area contributed by atoms with Crippen molar-refractivity contribution in [1.82, 2.24) is 10.6 Å². The number of guanidine groups is 1. The Hall–Kier alpha value is -0.540. The van der Waals surface area contributed by atoms with Gasteiger partial charge in [-0.05, 0) is 18.1 Å². The summed E-state index contributed by atoms with van der Waals surface area (Å²) in [7, 11) is 3.44. The number of methoxy groups -OCH3 is 1. The third-order valence-electron chi connectivity index (χ3n) is 2.80. The Balaban J connectivity index is 0.00000441. The van der Waals surface area contributed by atoms with E-state index < -0.39 is 0 Å². The average Bonchev–Trinajstić information content (AvgIpc) is 2.50. The van der Waals surface area contributed by atoms with Crippen molar-refractivity contribution in [3.63, 3.8) is 0 Å². The number of nitrogens with one attached hydrogen (secondary N) is 2. The van der Waals surface area contributed by atoms with Crippen molar-refractivity contribution in [2.75, 3.05) is 39.6 Å². The van der Waals surface area contributed by atoms with Gasteiger partial charge in [-0.15, -0.1) is 24.0 Å². The highest BCUT2D eigenvalue weighted by molar-refractivity contribution is 14.0. The average molecular weight is 441 g/mol. The number of nitrogens with zero attached hydrogens (tertiary/aromatic N) is 1. The van der Waals surface area contributed by atoms with E-state index in [2.05, 4.69) is 15.6 Å². The molecule has 1 aromatic rings. The number of aliphatic imine (C=N–C) groups is 1. The molecule has 2 N–H and O–H groups in total. The second-order valence-corrected chi connectivity index (χ2v) is 5.52. The van der Waals surface area contributed by atoms with Crippen LogP contribution in [0.4, 0.5) is 4.39 Å². The highest BCUT2D eigenvalue weighted by atomic mass is 127. The van der Waals surface area contributed by atoms with Crippen molar-refractivity contribution >= 4 is 41.7 Å². The van der Waals surface area contributed by atoms with Crippen LogP contribution >= 0.6 is 35.7 Å². The van der Waals surface area contributed by atoms with Crippen LogP contribution in [0.15, 0.2) is 29.3 Å². The third-order valence-corrected chi connectivity index (χ3v) is 3.80. The number of thioether (sulfide) groups is 1. The van der Waals surface area contributed by atoms with Crippen LogP contribution in [-0.4, -0.2) is 45.6 Å². The maximum Gasteiger partial charge on any atom is 0.191 e. The monoisotopic (exact) mass is 441 g/mol. The van der Waals surface area contributed by atoms with Gasteiger partial charge in [0.05, 0.1) is 0 Å². The molecule has 0 spiro atoms. The summed E-state index contributed by atoms with van der Waals surface area (Å²) >= 11 is 1.70. The van der Waals surface area contributed by atoms with Crippen LogP contribution in [0.1, 0.15) is 12.0 Å². The lowest BCUT2D eigenvalue weighted by molar-refractivity contribution is 0.195. The quantitative estimate of drug-likeness (QED) is 0.268. The Morgan fingerprint density at radius 2 is 2.00 bits per heavy atom. The van der Waals surface area contributed by atoms with Crippen molar-refractivity contribution in [1.29, 1.82) is 0 Å². The molecule has 0 aliphatic heterocycles. The van der Waals surface area contributed by atoms with Gasteiger partial charge in [0, 0.05) is 45.4 Å². The Bertz CT molecular complexity index is 435. The summed E-state index contributed by atoms with van der Waals surface area (Å²) < 4.78 is 18.4. The van der Waals surface area contributed by atoms with Gasteiger partial charge in [0.2, 0.25) is 0 Å². The predicted molar refractivity (Wildman–Crippen MR) is 104 cm³/mol. The highest BCUT2D eigenvalue weighted by Gasteiger charge is 2.01. The molecule has 126 valence electrons. The molecule has 0 radical (unpaired) electrons. The summed E-state index contributed by atoms with van der Waals surface area (Å²) in [5, 5.41) is 6.44. The second-order valence-electron chi connectivity index (χ2n) is 4.42. The zero-order chi connectivity index (χ0) is 15.3. The van der Waals surface area contributed by atoms with Gasteiger partial charge in [-0.25, -0.2) is 4.39 Å². The first-order valence-electron chi connectivity index (χ1n) is 7.02. The van der Waals surface area contributed by atoms with Gasteiger partial charge in [-0.3, -0.25) is 4.99 Å². The van der Waals surface area contributed by atoms with E-state index in [1.165, 1.54) is 6.07 Å².